The zero-order valence-corrected chi connectivity index (χ0v) is 17.6. The second-order valence-electron chi connectivity index (χ2n) is 6.84. The SMILES string of the molecule is Cn1cc(Nc2ncc(Cl)c(NC3COC4C(NC(=O)OCCCl)COC34)n2)cn1. The van der Waals surface area contributed by atoms with Crippen molar-refractivity contribution < 1.29 is 19.0 Å². The molecule has 4 atom stereocenters. The van der Waals surface area contributed by atoms with Crippen LogP contribution in [0.15, 0.2) is 18.6 Å². The van der Waals surface area contributed by atoms with Crippen LogP contribution in [0.5, 0.6) is 0 Å². The summed E-state index contributed by atoms with van der Waals surface area (Å²) in [5, 5.41) is 13.6. The van der Waals surface area contributed by atoms with E-state index >= 15 is 0 Å². The highest BCUT2D eigenvalue weighted by atomic mass is 35.5. The van der Waals surface area contributed by atoms with Gasteiger partial charge < -0.3 is 30.2 Å². The van der Waals surface area contributed by atoms with Gasteiger partial charge in [-0.2, -0.15) is 10.1 Å². The fourth-order valence-corrected chi connectivity index (χ4v) is 3.61. The molecule has 0 aromatic carbocycles. The summed E-state index contributed by atoms with van der Waals surface area (Å²) in [6.45, 7) is 0.826. The first-order chi connectivity index (χ1) is 14.5. The normalized spacial score (nSPS) is 25.0. The molecule has 0 saturated carbocycles. The molecule has 162 valence electrons. The average Bonchev–Trinajstić information content (AvgIpc) is 3.42. The smallest absolute Gasteiger partial charge is 0.407 e. The van der Waals surface area contributed by atoms with E-state index < -0.39 is 6.09 Å². The van der Waals surface area contributed by atoms with Crippen molar-refractivity contribution in [2.24, 2.45) is 7.05 Å². The molecule has 2 aromatic heterocycles. The van der Waals surface area contributed by atoms with Crippen LogP contribution in [0.1, 0.15) is 0 Å². The van der Waals surface area contributed by atoms with Crippen LogP contribution in [-0.2, 0) is 21.3 Å². The van der Waals surface area contributed by atoms with E-state index in [0.29, 0.717) is 30.0 Å². The summed E-state index contributed by atoms with van der Waals surface area (Å²) in [7, 11) is 1.82. The number of hydrogen-bond acceptors (Lipinski definition) is 9. The van der Waals surface area contributed by atoms with Crippen molar-refractivity contribution in [1.82, 2.24) is 25.1 Å². The van der Waals surface area contributed by atoms with Crippen LogP contribution in [0.25, 0.3) is 0 Å². The number of halogens is 2. The van der Waals surface area contributed by atoms with Crippen molar-refractivity contribution >= 4 is 46.7 Å². The number of rotatable bonds is 7. The Labute approximate surface area is 182 Å². The number of carbonyl (C=O) groups excluding carboxylic acids is 1. The van der Waals surface area contributed by atoms with Crippen molar-refractivity contribution in [3.63, 3.8) is 0 Å². The molecular weight excluding hydrogens is 437 g/mol. The third-order valence-electron chi connectivity index (χ3n) is 4.69. The molecule has 0 bridgehead atoms. The van der Waals surface area contributed by atoms with Gasteiger partial charge in [-0.15, -0.1) is 11.6 Å². The zero-order chi connectivity index (χ0) is 21.1. The van der Waals surface area contributed by atoms with Gasteiger partial charge in [0.25, 0.3) is 0 Å². The number of nitrogens with one attached hydrogen (secondary N) is 3. The lowest BCUT2D eigenvalue weighted by Gasteiger charge is -2.19. The number of aryl methyl sites for hydroxylation is 1. The van der Waals surface area contributed by atoms with Crippen molar-refractivity contribution in [2.45, 2.75) is 24.3 Å². The Kier molecular flexibility index (Phi) is 6.42. The van der Waals surface area contributed by atoms with E-state index in [-0.39, 0.29) is 36.8 Å². The number of alkyl carbamates (subject to hydrolysis) is 1. The molecule has 2 saturated heterocycles. The summed E-state index contributed by atoms with van der Waals surface area (Å²) < 4.78 is 18.3. The molecule has 11 nitrogen and oxygen atoms in total. The molecule has 2 fully saturated rings. The number of hydrogen-bond donors (Lipinski definition) is 3. The lowest BCUT2D eigenvalue weighted by molar-refractivity contribution is 0.0665. The third-order valence-corrected chi connectivity index (χ3v) is 5.13. The van der Waals surface area contributed by atoms with Crippen LogP contribution in [0.4, 0.5) is 22.2 Å². The number of ether oxygens (including phenoxy) is 3. The third kappa shape index (κ3) is 4.69. The molecule has 3 N–H and O–H groups in total. The van der Waals surface area contributed by atoms with Gasteiger partial charge >= 0.3 is 6.09 Å². The standard InChI is InChI=1S/C17H21Cl2N7O4/c1-26-6-9(4-21-26)22-16-20-5-10(19)15(25-16)23-11-7-29-14-12(8-30-13(11)14)24-17(27)28-3-2-18/h4-6,11-14H,2-3,7-8H2,1H3,(H,24,27)(H2,20,22,23,25). The maximum Gasteiger partial charge on any atom is 0.407 e. The van der Waals surface area contributed by atoms with Gasteiger partial charge in [-0.05, 0) is 0 Å². The Morgan fingerprint density at radius 1 is 1.30 bits per heavy atom. The summed E-state index contributed by atoms with van der Waals surface area (Å²) in [6, 6.07) is -0.507. The molecule has 30 heavy (non-hydrogen) atoms. The van der Waals surface area contributed by atoms with Gasteiger partial charge in [0, 0.05) is 13.2 Å². The molecule has 4 unspecified atom stereocenters. The van der Waals surface area contributed by atoms with Gasteiger partial charge in [0.15, 0.2) is 5.82 Å². The molecule has 4 rings (SSSR count). The maximum atomic E-state index is 11.8. The monoisotopic (exact) mass is 457 g/mol. The highest BCUT2D eigenvalue weighted by Gasteiger charge is 2.48. The maximum absolute atomic E-state index is 11.8. The Bertz CT molecular complexity index is 899. The number of fused-ring (bicyclic) bond motifs is 1. The van der Waals surface area contributed by atoms with Crippen molar-refractivity contribution in [1.29, 1.82) is 0 Å². The molecule has 2 aliphatic rings. The van der Waals surface area contributed by atoms with E-state index in [2.05, 4.69) is 31.0 Å². The molecule has 0 aliphatic carbocycles. The molecule has 13 heteroatoms. The topological polar surface area (TPSA) is 124 Å². The van der Waals surface area contributed by atoms with Crippen LogP contribution < -0.4 is 16.0 Å². The van der Waals surface area contributed by atoms with E-state index in [1.807, 2.05) is 7.05 Å². The fourth-order valence-electron chi connectivity index (χ4n) is 3.39. The summed E-state index contributed by atoms with van der Waals surface area (Å²) >= 11 is 11.8. The Morgan fingerprint density at radius 3 is 2.80 bits per heavy atom. The van der Waals surface area contributed by atoms with Gasteiger partial charge in [0.05, 0.1) is 49.3 Å². The zero-order valence-electron chi connectivity index (χ0n) is 16.0. The highest BCUT2D eigenvalue weighted by molar-refractivity contribution is 6.32. The van der Waals surface area contributed by atoms with Crippen LogP contribution in [-0.4, -0.2) is 75.8 Å². The van der Waals surface area contributed by atoms with Gasteiger partial charge in [0.1, 0.15) is 23.8 Å². The molecule has 2 aliphatic heterocycles. The number of amides is 1. The number of aromatic nitrogens is 4. The number of alkyl halides is 1. The molecule has 1 amide bonds. The van der Waals surface area contributed by atoms with Crippen LogP contribution in [0.2, 0.25) is 5.02 Å². The van der Waals surface area contributed by atoms with Crippen molar-refractivity contribution in [3.8, 4) is 0 Å². The van der Waals surface area contributed by atoms with E-state index in [0.717, 1.165) is 5.69 Å². The molecule has 0 spiro atoms. The first-order valence-electron chi connectivity index (χ1n) is 9.30. The Balaban J connectivity index is 1.38. The molecular formula is C17H21Cl2N7O4. The lowest BCUT2D eigenvalue weighted by atomic mass is 10.1. The predicted molar refractivity (Wildman–Crippen MR) is 109 cm³/mol. The summed E-state index contributed by atoms with van der Waals surface area (Å²) in [5.41, 5.74) is 0.754. The van der Waals surface area contributed by atoms with Gasteiger partial charge in [-0.1, -0.05) is 11.6 Å². The summed E-state index contributed by atoms with van der Waals surface area (Å²) in [4.78, 5) is 20.4. The largest absolute Gasteiger partial charge is 0.448 e. The van der Waals surface area contributed by atoms with Crippen molar-refractivity contribution in [2.75, 3.05) is 36.3 Å². The first-order valence-corrected chi connectivity index (χ1v) is 10.2. The second kappa shape index (κ2) is 9.21. The van der Waals surface area contributed by atoms with Gasteiger partial charge in [0.2, 0.25) is 5.95 Å². The minimum Gasteiger partial charge on any atom is -0.448 e. The van der Waals surface area contributed by atoms with Crippen LogP contribution in [0, 0.1) is 0 Å². The Hall–Kier alpha value is -2.34. The molecule has 4 heterocycles. The van der Waals surface area contributed by atoms with E-state index in [4.69, 9.17) is 37.4 Å². The molecule has 0 radical (unpaired) electrons. The van der Waals surface area contributed by atoms with Gasteiger partial charge in [-0.3, -0.25) is 4.68 Å². The minimum atomic E-state index is -0.546. The van der Waals surface area contributed by atoms with Crippen LogP contribution >= 0.6 is 23.2 Å². The van der Waals surface area contributed by atoms with E-state index in [1.54, 1.807) is 17.1 Å². The summed E-state index contributed by atoms with van der Waals surface area (Å²) in [5.74, 6) is 1.06. The first kappa shape index (κ1) is 20.9. The quantitative estimate of drug-likeness (QED) is 0.530. The fraction of sp³-hybridized carbons (Fsp3) is 0.529. The lowest BCUT2D eigenvalue weighted by Crippen LogP contribution is -2.45. The predicted octanol–water partition coefficient (Wildman–Crippen LogP) is 1.52. The van der Waals surface area contributed by atoms with E-state index in [1.165, 1.54) is 6.20 Å². The average molecular weight is 458 g/mol. The minimum absolute atomic E-state index is 0.141. The van der Waals surface area contributed by atoms with Gasteiger partial charge in [-0.25, -0.2) is 9.78 Å². The number of nitrogens with zero attached hydrogens (tertiary/aromatic N) is 4. The Morgan fingerprint density at radius 2 is 2.07 bits per heavy atom. The highest BCUT2D eigenvalue weighted by Crippen LogP contribution is 2.31. The van der Waals surface area contributed by atoms with Crippen molar-refractivity contribution in [3.05, 3.63) is 23.6 Å². The molecule has 2 aromatic rings. The second-order valence-corrected chi connectivity index (χ2v) is 7.63. The number of anilines is 3. The van der Waals surface area contributed by atoms with E-state index in [9.17, 15) is 4.79 Å². The number of carbonyl (C=O) groups is 1. The summed E-state index contributed by atoms with van der Waals surface area (Å²) in [6.07, 6.45) is 3.85. The van der Waals surface area contributed by atoms with Crippen LogP contribution in [0.3, 0.4) is 0 Å².